The van der Waals surface area contributed by atoms with Crippen molar-refractivity contribution in [3.63, 3.8) is 0 Å². The molecule has 3 heterocycles. The average molecular weight is 254 g/mol. The highest BCUT2D eigenvalue weighted by molar-refractivity contribution is 5.43. The van der Waals surface area contributed by atoms with Gasteiger partial charge in [-0.25, -0.2) is 9.67 Å². The quantitative estimate of drug-likeness (QED) is 0.777. The van der Waals surface area contributed by atoms with E-state index in [1.165, 1.54) is 0 Å². The van der Waals surface area contributed by atoms with E-state index in [9.17, 15) is 0 Å². The smallest absolute Gasteiger partial charge is 0.153 e. The molecule has 0 amide bonds. The summed E-state index contributed by atoms with van der Waals surface area (Å²) < 4.78 is 7.09. The molecule has 0 saturated carbocycles. The molecule has 0 aliphatic carbocycles. The largest absolute Gasteiger partial charge is 0.467 e. The van der Waals surface area contributed by atoms with Gasteiger partial charge in [0.25, 0.3) is 0 Å². The molecule has 5 heteroatoms. The van der Waals surface area contributed by atoms with Crippen molar-refractivity contribution in [3.8, 4) is 5.82 Å². The van der Waals surface area contributed by atoms with Gasteiger partial charge in [0.2, 0.25) is 0 Å². The maximum absolute atomic E-state index is 5.37. The summed E-state index contributed by atoms with van der Waals surface area (Å²) in [5.74, 6) is 1.74. The van der Waals surface area contributed by atoms with Crippen LogP contribution < -0.4 is 5.32 Å². The zero-order valence-corrected chi connectivity index (χ0v) is 10.6. The highest BCUT2D eigenvalue weighted by Gasteiger charge is 2.02. The molecule has 3 aromatic heterocycles. The molecule has 0 radical (unpaired) electrons. The van der Waals surface area contributed by atoms with E-state index < -0.39 is 0 Å². The molecule has 5 nitrogen and oxygen atoms in total. The van der Waals surface area contributed by atoms with Gasteiger partial charge in [0, 0.05) is 12.4 Å². The van der Waals surface area contributed by atoms with Crippen LogP contribution >= 0.6 is 0 Å². The summed E-state index contributed by atoms with van der Waals surface area (Å²) in [6, 6.07) is 7.72. The normalized spacial score (nSPS) is 10.6. The number of anilines is 1. The zero-order chi connectivity index (χ0) is 13.1. The van der Waals surface area contributed by atoms with Crippen molar-refractivity contribution >= 4 is 5.69 Å². The molecule has 0 aromatic carbocycles. The second-order valence-electron chi connectivity index (χ2n) is 4.24. The number of furan rings is 1. The van der Waals surface area contributed by atoms with Gasteiger partial charge in [0.15, 0.2) is 5.82 Å². The van der Waals surface area contributed by atoms with Gasteiger partial charge < -0.3 is 9.73 Å². The van der Waals surface area contributed by atoms with Gasteiger partial charge in [-0.3, -0.25) is 0 Å². The first-order chi connectivity index (χ1) is 9.33. The standard InChI is InChI=1S/C14H14N4O/c1-11-5-8-19-13(11)10-15-12-3-4-14(16-9-12)18-7-2-6-17-18/h2-9,15H,10H2,1H3. The van der Waals surface area contributed by atoms with Gasteiger partial charge >= 0.3 is 0 Å². The molecule has 96 valence electrons. The molecule has 0 aliphatic rings. The number of aromatic nitrogens is 3. The Kier molecular flexibility index (Phi) is 3.02. The molecule has 0 aliphatic heterocycles. The van der Waals surface area contributed by atoms with Crippen molar-refractivity contribution in [1.29, 1.82) is 0 Å². The molecular weight excluding hydrogens is 240 g/mol. The van der Waals surface area contributed by atoms with Crippen molar-refractivity contribution in [3.05, 3.63) is 60.4 Å². The summed E-state index contributed by atoms with van der Waals surface area (Å²) >= 11 is 0. The molecule has 0 spiro atoms. The summed E-state index contributed by atoms with van der Waals surface area (Å²) in [6.45, 7) is 2.68. The number of hydrogen-bond acceptors (Lipinski definition) is 4. The lowest BCUT2D eigenvalue weighted by Crippen LogP contribution is -2.02. The fourth-order valence-corrected chi connectivity index (χ4v) is 1.80. The van der Waals surface area contributed by atoms with Gasteiger partial charge in [-0.15, -0.1) is 0 Å². The van der Waals surface area contributed by atoms with Crippen molar-refractivity contribution in [2.75, 3.05) is 5.32 Å². The second-order valence-corrected chi connectivity index (χ2v) is 4.24. The van der Waals surface area contributed by atoms with Gasteiger partial charge in [-0.2, -0.15) is 5.10 Å². The van der Waals surface area contributed by atoms with E-state index in [-0.39, 0.29) is 0 Å². The number of hydrogen-bond donors (Lipinski definition) is 1. The lowest BCUT2D eigenvalue weighted by Gasteiger charge is -2.06. The molecule has 0 fully saturated rings. The maximum Gasteiger partial charge on any atom is 0.153 e. The van der Waals surface area contributed by atoms with Crippen LogP contribution in [0, 0.1) is 6.92 Å². The first-order valence-electron chi connectivity index (χ1n) is 6.06. The summed E-state index contributed by atoms with van der Waals surface area (Å²) in [7, 11) is 0. The van der Waals surface area contributed by atoms with Crippen LogP contribution in [0.4, 0.5) is 5.69 Å². The fourth-order valence-electron chi connectivity index (χ4n) is 1.80. The summed E-state index contributed by atoms with van der Waals surface area (Å²) in [5, 5.41) is 7.41. The third kappa shape index (κ3) is 2.49. The Balaban J connectivity index is 1.68. The van der Waals surface area contributed by atoms with Gasteiger partial charge in [-0.05, 0) is 36.8 Å². The van der Waals surface area contributed by atoms with Crippen LogP contribution in [0.2, 0.25) is 0 Å². The Morgan fingerprint density at radius 3 is 2.89 bits per heavy atom. The molecule has 1 N–H and O–H groups in total. The lowest BCUT2D eigenvalue weighted by atomic mass is 10.3. The molecule has 3 rings (SSSR count). The van der Waals surface area contributed by atoms with Crippen LogP contribution in [0.3, 0.4) is 0 Å². The minimum atomic E-state index is 0.654. The first-order valence-corrected chi connectivity index (χ1v) is 6.06. The third-order valence-corrected chi connectivity index (χ3v) is 2.91. The first kappa shape index (κ1) is 11.5. The van der Waals surface area contributed by atoms with Crippen LogP contribution in [0.15, 0.2) is 53.5 Å². The molecule has 3 aromatic rings. The number of nitrogens with zero attached hydrogens (tertiary/aromatic N) is 3. The highest BCUT2D eigenvalue weighted by atomic mass is 16.3. The Morgan fingerprint density at radius 1 is 1.32 bits per heavy atom. The van der Waals surface area contributed by atoms with Crippen LogP contribution in [0.1, 0.15) is 11.3 Å². The van der Waals surface area contributed by atoms with Crippen LogP contribution in [-0.2, 0) is 6.54 Å². The highest BCUT2D eigenvalue weighted by Crippen LogP contribution is 2.13. The predicted octanol–water partition coefficient (Wildman–Crippen LogP) is 2.78. The molecular formula is C14H14N4O. The van der Waals surface area contributed by atoms with E-state index >= 15 is 0 Å². The van der Waals surface area contributed by atoms with Crippen LogP contribution in [0.5, 0.6) is 0 Å². The minimum Gasteiger partial charge on any atom is -0.467 e. The van der Waals surface area contributed by atoms with Crippen molar-refractivity contribution < 1.29 is 4.42 Å². The van der Waals surface area contributed by atoms with Gasteiger partial charge in [0.1, 0.15) is 5.76 Å². The lowest BCUT2D eigenvalue weighted by molar-refractivity contribution is 0.515. The maximum atomic E-state index is 5.37. The Bertz CT molecular complexity index is 640. The fraction of sp³-hybridized carbons (Fsp3) is 0.143. The molecule has 19 heavy (non-hydrogen) atoms. The third-order valence-electron chi connectivity index (χ3n) is 2.91. The summed E-state index contributed by atoms with van der Waals surface area (Å²) in [5.41, 5.74) is 2.10. The molecule has 0 saturated heterocycles. The number of rotatable bonds is 4. The molecule has 0 atom stereocenters. The minimum absolute atomic E-state index is 0.654. The van der Waals surface area contributed by atoms with Crippen molar-refractivity contribution in [2.45, 2.75) is 13.5 Å². The zero-order valence-electron chi connectivity index (χ0n) is 10.6. The average Bonchev–Trinajstić information content (AvgIpc) is 3.09. The van der Waals surface area contributed by atoms with E-state index in [0.717, 1.165) is 22.8 Å². The van der Waals surface area contributed by atoms with Gasteiger partial charge in [0.05, 0.1) is 24.7 Å². The Labute approximate surface area is 110 Å². The Hall–Kier alpha value is -2.56. The van der Waals surface area contributed by atoms with E-state index in [1.54, 1.807) is 23.3 Å². The van der Waals surface area contributed by atoms with Crippen LogP contribution in [-0.4, -0.2) is 14.8 Å². The number of nitrogens with one attached hydrogen (secondary N) is 1. The topological polar surface area (TPSA) is 55.9 Å². The monoisotopic (exact) mass is 254 g/mol. The SMILES string of the molecule is Cc1ccoc1CNc1ccc(-n2cccn2)nc1. The molecule has 0 bridgehead atoms. The number of aryl methyl sites for hydroxylation is 1. The summed E-state index contributed by atoms with van der Waals surface area (Å²) in [4.78, 5) is 4.35. The number of pyridine rings is 1. The van der Waals surface area contributed by atoms with E-state index in [1.807, 2.05) is 37.4 Å². The van der Waals surface area contributed by atoms with E-state index in [4.69, 9.17) is 4.42 Å². The van der Waals surface area contributed by atoms with E-state index in [2.05, 4.69) is 15.4 Å². The van der Waals surface area contributed by atoms with E-state index in [0.29, 0.717) is 6.54 Å². The molecule has 0 unspecified atom stereocenters. The summed E-state index contributed by atoms with van der Waals surface area (Å²) in [6.07, 6.45) is 7.08. The Morgan fingerprint density at radius 2 is 2.26 bits per heavy atom. The van der Waals surface area contributed by atoms with Gasteiger partial charge in [-0.1, -0.05) is 0 Å². The van der Waals surface area contributed by atoms with Crippen molar-refractivity contribution in [1.82, 2.24) is 14.8 Å². The predicted molar refractivity (Wildman–Crippen MR) is 72.1 cm³/mol. The van der Waals surface area contributed by atoms with Crippen LogP contribution in [0.25, 0.3) is 5.82 Å². The second kappa shape index (κ2) is 4.97. The van der Waals surface area contributed by atoms with Crippen molar-refractivity contribution in [2.24, 2.45) is 0 Å².